The summed E-state index contributed by atoms with van der Waals surface area (Å²) in [5, 5.41) is 72.6. The molecular weight excluding hydrogens is 1040 g/mol. The van der Waals surface area contributed by atoms with Crippen molar-refractivity contribution >= 4 is 5.97 Å². The first-order chi connectivity index (χ1) is 40.1. The summed E-state index contributed by atoms with van der Waals surface area (Å²) >= 11 is 0. The van der Waals surface area contributed by atoms with Crippen LogP contribution in [0.1, 0.15) is 316 Å². The van der Waals surface area contributed by atoms with E-state index in [0.717, 1.165) is 38.5 Å². The predicted molar refractivity (Wildman–Crippen MR) is 331 cm³/mol. The number of rotatable bonds is 59. The van der Waals surface area contributed by atoms with Crippen LogP contribution in [0, 0.1) is 0 Å². The SMILES string of the molecule is CCCCCCCCCC/C=C\CCCCCCCCCCCCCCCC(=O)OC(COCCCCCCCCCCCCCCCCCCCCCCCCC)COC1OC(COC2OC(CO)C(O)C(O)C2O)C(O)C(O)C1O. The molecule has 0 radical (unpaired) electrons. The van der Waals surface area contributed by atoms with E-state index in [2.05, 4.69) is 26.0 Å². The molecule has 2 aliphatic rings. The van der Waals surface area contributed by atoms with E-state index in [1.807, 2.05) is 0 Å². The van der Waals surface area contributed by atoms with Gasteiger partial charge in [0, 0.05) is 13.0 Å². The lowest BCUT2D eigenvalue weighted by Crippen LogP contribution is -2.61. The van der Waals surface area contributed by atoms with E-state index in [0.29, 0.717) is 13.0 Å². The van der Waals surface area contributed by atoms with E-state index < -0.39 is 80.7 Å². The van der Waals surface area contributed by atoms with Crippen molar-refractivity contribution in [2.24, 2.45) is 0 Å². The maximum absolute atomic E-state index is 13.2. The number of esters is 1. The van der Waals surface area contributed by atoms with Crippen molar-refractivity contribution in [2.75, 3.05) is 33.0 Å². The summed E-state index contributed by atoms with van der Waals surface area (Å²) in [4.78, 5) is 13.2. The average Bonchev–Trinajstić information content (AvgIpc) is 3.54. The molecule has 2 saturated heterocycles. The Bertz CT molecular complexity index is 1410. The van der Waals surface area contributed by atoms with E-state index in [1.54, 1.807) is 0 Å². The summed E-state index contributed by atoms with van der Waals surface area (Å²) < 4.78 is 34.6. The maximum atomic E-state index is 13.2. The molecule has 2 heterocycles. The van der Waals surface area contributed by atoms with Gasteiger partial charge >= 0.3 is 5.97 Å². The highest BCUT2D eigenvalue weighted by atomic mass is 16.7. The Morgan fingerprint density at radius 2 is 0.720 bits per heavy atom. The fraction of sp³-hybridized carbons (Fsp3) is 0.956. The number of carbonyl (C=O) groups is 1. The third-order valence-electron chi connectivity index (χ3n) is 17.0. The Kier molecular flexibility index (Phi) is 51.6. The summed E-state index contributed by atoms with van der Waals surface area (Å²) in [5.41, 5.74) is 0. The van der Waals surface area contributed by atoms with Crippen LogP contribution >= 0.6 is 0 Å². The standard InChI is InChI=1S/C68H130O14/c1-3-5-7-9-11-13-15-17-19-21-23-25-27-28-29-31-33-35-37-39-41-43-45-47-49-51-60(70)80-57(55-78-67-66(76)64(74)62(72)59(82-67)56-79-68-65(75)63(73)61(71)58(53-69)81-68)54-77-52-50-48-46-44-42-40-38-36-34-32-30-26-24-22-20-18-16-14-12-10-8-6-4-2/h21,23,57-59,61-69,71-76H,3-20,22,24-56H2,1-2H3/b23-21-. The van der Waals surface area contributed by atoms with Gasteiger partial charge in [-0.05, 0) is 38.5 Å². The van der Waals surface area contributed by atoms with Crippen LogP contribution in [0.15, 0.2) is 12.2 Å². The van der Waals surface area contributed by atoms with Gasteiger partial charge < -0.3 is 64.2 Å². The van der Waals surface area contributed by atoms with E-state index >= 15 is 0 Å². The second-order valence-electron chi connectivity index (χ2n) is 24.7. The Morgan fingerprint density at radius 1 is 0.390 bits per heavy atom. The zero-order valence-electron chi connectivity index (χ0n) is 52.8. The van der Waals surface area contributed by atoms with Gasteiger partial charge in [0.2, 0.25) is 0 Å². The van der Waals surface area contributed by atoms with Crippen molar-refractivity contribution < 1.29 is 69.0 Å². The molecule has 11 atom stereocenters. The Morgan fingerprint density at radius 3 is 1.11 bits per heavy atom. The van der Waals surface area contributed by atoms with Crippen molar-refractivity contribution in [1.82, 2.24) is 0 Å². The molecular formula is C68H130O14. The van der Waals surface area contributed by atoms with E-state index in [-0.39, 0.29) is 25.6 Å². The van der Waals surface area contributed by atoms with Crippen molar-refractivity contribution in [1.29, 1.82) is 0 Å². The normalized spacial score (nSPS) is 23.5. The molecule has 2 rings (SSSR count). The molecule has 0 spiro atoms. The maximum Gasteiger partial charge on any atom is 0.306 e. The first-order valence-corrected chi connectivity index (χ1v) is 34.8. The molecule has 2 aliphatic heterocycles. The van der Waals surface area contributed by atoms with Gasteiger partial charge in [-0.15, -0.1) is 0 Å². The summed E-state index contributed by atoms with van der Waals surface area (Å²) in [5.74, 6) is -0.367. The highest BCUT2D eigenvalue weighted by Gasteiger charge is 2.47. The zero-order valence-corrected chi connectivity index (χ0v) is 52.8. The number of ether oxygens (including phenoxy) is 6. The third-order valence-corrected chi connectivity index (χ3v) is 17.0. The predicted octanol–water partition coefficient (Wildman–Crippen LogP) is 14.5. The highest BCUT2D eigenvalue weighted by Crippen LogP contribution is 2.27. The van der Waals surface area contributed by atoms with Crippen LogP contribution in [-0.2, 0) is 33.2 Å². The Hall–Kier alpha value is -1.27. The molecule has 486 valence electrons. The number of hydrogen-bond acceptors (Lipinski definition) is 14. The number of hydrogen-bond donors (Lipinski definition) is 7. The molecule has 7 N–H and O–H groups in total. The summed E-state index contributed by atoms with van der Waals surface area (Å²) in [6.07, 6.45) is 48.6. The molecule has 82 heavy (non-hydrogen) atoms. The lowest BCUT2D eigenvalue weighted by Gasteiger charge is -2.42. The monoisotopic (exact) mass is 1170 g/mol. The van der Waals surface area contributed by atoms with Crippen LogP contribution in [0.5, 0.6) is 0 Å². The van der Waals surface area contributed by atoms with E-state index in [4.69, 9.17) is 28.4 Å². The van der Waals surface area contributed by atoms with Crippen LogP contribution in [0.3, 0.4) is 0 Å². The molecule has 0 aromatic rings. The number of aliphatic hydroxyl groups is 7. The molecule has 0 aromatic heterocycles. The van der Waals surface area contributed by atoms with Crippen molar-refractivity contribution in [3.8, 4) is 0 Å². The minimum absolute atomic E-state index is 0.0692. The first-order valence-electron chi connectivity index (χ1n) is 34.8. The van der Waals surface area contributed by atoms with Gasteiger partial charge in [0.25, 0.3) is 0 Å². The van der Waals surface area contributed by atoms with Gasteiger partial charge in [-0.3, -0.25) is 4.79 Å². The number of allylic oxidation sites excluding steroid dienone is 2. The molecule has 14 heteroatoms. The molecule has 0 amide bonds. The highest BCUT2D eigenvalue weighted by molar-refractivity contribution is 5.69. The molecule has 14 nitrogen and oxygen atoms in total. The van der Waals surface area contributed by atoms with Crippen molar-refractivity contribution in [3.05, 3.63) is 12.2 Å². The molecule has 0 aliphatic carbocycles. The van der Waals surface area contributed by atoms with Gasteiger partial charge in [-0.1, -0.05) is 283 Å². The lowest BCUT2D eigenvalue weighted by atomic mass is 9.98. The smallest absolute Gasteiger partial charge is 0.306 e. The van der Waals surface area contributed by atoms with Crippen molar-refractivity contribution in [3.63, 3.8) is 0 Å². The quantitative estimate of drug-likeness (QED) is 0.0171. The van der Waals surface area contributed by atoms with Crippen LogP contribution in [0.25, 0.3) is 0 Å². The van der Waals surface area contributed by atoms with E-state index in [9.17, 15) is 40.5 Å². The topological polar surface area (TPSA) is 214 Å². The largest absolute Gasteiger partial charge is 0.457 e. The molecule has 11 unspecified atom stereocenters. The van der Waals surface area contributed by atoms with Crippen LogP contribution in [0.2, 0.25) is 0 Å². The van der Waals surface area contributed by atoms with E-state index in [1.165, 1.54) is 250 Å². The second kappa shape index (κ2) is 55.1. The van der Waals surface area contributed by atoms with Crippen molar-refractivity contribution in [2.45, 2.75) is 383 Å². The molecule has 2 fully saturated rings. The average molecular weight is 1170 g/mol. The number of aliphatic hydroxyl groups excluding tert-OH is 7. The van der Waals surface area contributed by atoms with Gasteiger partial charge in [0.1, 0.15) is 54.9 Å². The Balaban J connectivity index is 1.63. The van der Waals surface area contributed by atoms with Crippen LogP contribution in [-0.4, -0.2) is 142 Å². The number of unbranched alkanes of at least 4 members (excludes halogenated alkanes) is 43. The molecule has 0 aromatic carbocycles. The molecule has 0 bridgehead atoms. The van der Waals surface area contributed by atoms with Crippen LogP contribution in [0.4, 0.5) is 0 Å². The third kappa shape index (κ3) is 40.2. The fourth-order valence-corrected chi connectivity index (χ4v) is 11.5. The molecule has 0 saturated carbocycles. The minimum atomic E-state index is -1.70. The van der Waals surface area contributed by atoms with Gasteiger partial charge in [-0.2, -0.15) is 0 Å². The summed E-state index contributed by atoms with van der Waals surface area (Å²) in [7, 11) is 0. The minimum Gasteiger partial charge on any atom is -0.457 e. The Labute approximate surface area is 501 Å². The second-order valence-corrected chi connectivity index (χ2v) is 24.7. The summed E-state index contributed by atoms with van der Waals surface area (Å²) in [6.45, 7) is 3.78. The first kappa shape index (κ1) is 76.8. The van der Waals surface area contributed by atoms with Gasteiger partial charge in [-0.25, -0.2) is 0 Å². The van der Waals surface area contributed by atoms with Gasteiger partial charge in [0.15, 0.2) is 12.6 Å². The number of carbonyl (C=O) groups excluding carboxylic acids is 1. The van der Waals surface area contributed by atoms with Crippen LogP contribution < -0.4 is 0 Å². The lowest BCUT2D eigenvalue weighted by molar-refractivity contribution is -0.332. The summed E-state index contributed by atoms with van der Waals surface area (Å²) in [6, 6.07) is 0. The zero-order chi connectivity index (χ0) is 59.4. The fourth-order valence-electron chi connectivity index (χ4n) is 11.5. The van der Waals surface area contributed by atoms with Gasteiger partial charge in [0.05, 0.1) is 26.4 Å².